The molecule has 3 aromatic rings. The predicted molar refractivity (Wildman–Crippen MR) is 97.6 cm³/mol. The van der Waals surface area contributed by atoms with Gasteiger partial charge in [0.15, 0.2) is 0 Å². The fourth-order valence-electron chi connectivity index (χ4n) is 2.80. The molecule has 0 fully saturated rings. The molecule has 0 amide bonds. The van der Waals surface area contributed by atoms with Crippen LogP contribution in [0.5, 0.6) is 0 Å². The van der Waals surface area contributed by atoms with Gasteiger partial charge in [0.05, 0.1) is 11.0 Å². The number of hydrogen-bond donors (Lipinski definition) is 1. The third-order valence-corrected chi connectivity index (χ3v) is 4.28. The number of likely N-dealkylation sites (N-methyl/N-ethyl adjacent to an activating group) is 1. The standard InChI is InChI=1S/C19H24N4/c1-13-10-17-18(11-14(13)2)23(9-8-22(3)4)19(21-17)15-6-5-7-16(20)12-15/h5-7,10-12H,8-9,20H2,1-4H3. The molecule has 0 aliphatic rings. The minimum absolute atomic E-state index is 0.765. The molecule has 1 heterocycles. The first-order chi connectivity index (χ1) is 11.0. The van der Waals surface area contributed by atoms with Gasteiger partial charge in [-0.2, -0.15) is 0 Å². The van der Waals surface area contributed by atoms with E-state index in [9.17, 15) is 0 Å². The Morgan fingerprint density at radius 2 is 1.83 bits per heavy atom. The lowest BCUT2D eigenvalue weighted by molar-refractivity contribution is 0.387. The van der Waals surface area contributed by atoms with Gasteiger partial charge in [0.1, 0.15) is 5.82 Å². The van der Waals surface area contributed by atoms with Crippen LogP contribution in [-0.4, -0.2) is 35.1 Å². The zero-order valence-corrected chi connectivity index (χ0v) is 14.3. The highest BCUT2D eigenvalue weighted by Gasteiger charge is 2.14. The van der Waals surface area contributed by atoms with Crippen molar-refractivity contribution in [3.05, 3.63) is 47.5 Å². The fourth-order valence-corrected chi connectivity index (χ4v) is 2.80. The molecule has 120 valence electrons. The molecule has 1 aromatic heterocycles. The minimum Gasteiger partial charge on any atom is -0.399 e. The van der Waals surface area contributed by atoms with Crippen molar-refractivity contribution >= 4 is 16.7 Å². The Morgan fingerprint density at radius 1 is 1.09 bits per heavy atom. The summed E-state index contributed by atoms with van der Waals surface area (Å²) in [6.07, 6.45) is 0. The molecule has 3 rings (SSSR count). The largest absolute Gasteiger partial charge is 0.399 e. The van der Waals surface area contributed by atoms with Gasteiger partial charge in [-0.25, -0.2) is 4.98 Å². The van der Waals surface area contributed by atoms with E-state index in [4.69, 9.17) is 10.7 Å². The van der Waals surface area contributed by atoms with Crippen LogP contribution in [-0.2, 0) is 6.54 Å². The maximum absolute atomic E-state index is 5.97. The van der Waals surface area contributed by atoms with E-state index >= 15 is 0 Å². The summed E-state index contributed by atoms with van der Waals surface area (Å²) in [5.74, 6) is 0.985. The van der Waals surface area contributed by atoms with E-state index in [1.54, 1.807) is 0 Å². The summed E-state index contributed by atoms with van der Waals surface area (Å²) in [5, 5.41) is 0. The van der Waals surface area contributed by atoms with Gasteiger partial charge in [-0.3, -0.25) is 0 Å². The molecule has 2 N–H and O–H groups in total. The smallest absolute Gasteiger partial charge is 0.141 e. The number of nitrogens with two attached hydrogens (primary N) is 1. The van der Waals surface area contributed by atoms with Crippen molar-refractivity contribution < 1.29 is 0 Å². The van der Waals surface area contributed by atoms with Gasteiger partial charge in [0.25, 0.3) is 0 Å². The molecule has 4 heteroatoms. The van der Waals surface area contributed by atoms with Gasteiger partial charge in [0.2, 0.25) is 0 Å². The maximum atomic E-state index is 5.97. The van der Waals surface area contributed by atoms with Crippen LogP contribution in [0, 0.1) is 13.8 Å². The lowest BCUT2D eigenvalue weighted by atomic mass is 10.1. The summed E-state index contributed by atoms with van der Waals surface area (Å²) in [5.41, 5.74) is 12.6. The van der Waals surface area contributed by atoms with Crippen LogP contribution in [0.3, 0.4) is 0 Å². The average molecular weight is 308 g/mol. The van der Waals surface area contributed by atoms with E-state index < -0.39 is 0 Å². The van der Waals surface area contributed by atoms with E-state index in [-0.39, 0.29) is 0 Å². The molecule has 0 unspecified atom stereocenters. The second kappa shape index (κ2) is 6.05. The molecule has 0 bridgehead atoms. The first kappa shape index (κ1) is 15.6. The molecular weight excluding hydrogens is 284 g/mol. The van der Waals surface area contributed by atoms with Gasteiger partial charge in [-0.1, -0.05) is 12.1 Å². The number of benzene rings is 2. The lowest BCUT2D eigenvalue weighted by Crippen LogP contribution is -2.18. The SMILES string of the molecule is Cc1cc2nc(-c3cccc(N)c3)n(CCN(C)C)c2cc1C. The summed E-state index contributed by atoms with van der Waals surface area (Å²) in [6.45, 7) is 6.15. The van der Waals surface area contributed by atoms with Gasteiger partial charge >= 0.3 is 0 Å². The molecule has 0 aliphatic heterocycles. The normalized spacial score (nSPS) is 11.5. The number of aromatic nitrogens is 2. The number of rotatable bonds is 4. The van der Waals surface area contributed by atoms with Crippen LogP contribution in [0.4, 0.5) is 5.69 Å². The summed E-state index contributed by atoms with van der Waals surface area (Å²) in [4.78, 5) is 7.08. The molecule has 0 aliphatic carbocycles. The Bertz CT molecular complexity index is 846. The number of fused-ring (bicyclic) bond motifs is 1. The minimum atomic E-state index is 0.765. The third kappa shape index (κ3) is 3.08. The summed E-state index contributed by atoms with van der Waals surface area (Å²) in [7, 11) is 4.18. The monoisotopic (exact) mass is 308 g/mol. The third-order valence-electron chi connectivity index (χ3n) is 4.28. The number of nitrogen functional groups attached to an aromatic ring is 1. The fraction of sp³-hybridized carbons (Fsp3) is 0.316. The molecule has 0 spiro atoms. The Balaban J connectivity index is 2.20. The number of nitrogens with zero attached hydrogens (tertiary/aromatic N) is 3. The highest BCUT2D eigenvalue weighted by molar-refractivity contribution is 5.82. The Hall–Kier alpha value is -2.33. The highest BCUT2D eigenvalue weighted by Crippen LogP contribution is 2.28. The maximum Gasteiger partial charge on any atom is 0.141 e. The van der Waals surface area contributed by atoms with Gasteiger partial charge in [-0.05, 0) is 63.3 Å². The lowest BCUT2D eigenvalue weighted by Gasteiger charge is -2.14. The zero-order chi connectivity index (χ0) is 16.6. The average Bonchev–Trinajstić information content (AvgIpc) is 2.83. The number of imidazole rings is 1. The summed E-state index contributed by atoms with van der Waals surface area (Å²) >= 11 is 0. The molecule has 0 atom stereocenters. The van der Waals surface area contributed by atoms with Crippen LogP contribution < -0.4 is 5.73 Å². The molecule has 0 saturated heterocycles. The van der Waals surface area contributed by atoms with Crippen LogP contribution in [0.2, 0.25) is 0 Å². The number of hydrogen-bond acceptors (Lipinski definition) is 3. The van der Waals surface area contributed by atoms with E-state index in [0.717, 1.165) is 35.7 Å². The Labute approximate surface area is 137 Å². The van der Waals surface area contributed by atoms with Crippen molar-refractivity contribution in [3.63, 3.8) is 0 Å². The Morgan fingerprint density at radius 3 is 2.52 bits per heavy atom. The zero-order valence-electron chi connectivity index (χ0n) is 14.3. The van der Waals surface area contributed by atoms with Crippen LogP contribution in [0.25, 0.3) is 22.4 Å². The summed E-state index contributed by atoms with van der Waals surface area (Å²) in [6, 6.07) is 12.4. The first-order valence-corrected chi connectivity index (χ1v) is 7.94. The first-order valence-electron chi connectivity index (χ1n) is 7.94. The van der Waals surface area contributed by atoms with Gasteiger partial charge in [0, 0.05) is 24.3 Å². The molecule has 0 saturated carbocycles. The molecular formula is C19H24N4. The van der Waals surface area contributed by atoms with Crippen LogP contribution in [0.15, 0.2) is 36.4 Å². The van der Waals surface area contributed by atoms with E-state index in [2.05, 4.69) is 55.6 Å². The predicted octanol–water partition coefficient (Wildman–Crippen LogP) is 3.46. The number of anilines is 1. The number of aryl methyl sites for hydroxylation is 2. The summed E-state index contributed by atoms with van der Waals surface area (Å²) < 4.78 is 2.30. The van der Waals surface area contributed by atoms with Crippen LogP contribution in [0.1, 0.15) is 11.1 Å². The second-order valence-electron chi connectivity index (χ2n) is 6.44. The molecule has 4 nitrogen and oxygen atoms in total. The van der Waals surface area contributed by atoms with Crippen molar-refractivity contribution in [2.24, 2.45) is 0 Å². The molecule has 0 radical (unpaired) electrons. The van der Waals surface area contributed by atoms with Crippen molar-refractivity contribution in [1.29, 1.82) is 0 Å². The highest BCUT2D eigenvalue weighted by atomic mass is 15.1. The van der Waals surface area contributed by atoms with Crippen LogP contribution >= 0.6 is 0 Å². The topological polar surface area (TPSA) is 47.1 Å². The van der Waals surface area contributed by atoms with Crippen molar-refractivity contribution in [2.75, 3.05) is 26.4 Å². The molecule has 2 aromatic carbocycles. The quantitative estimate of drug-likeness (QED) is 0.751. The van der Waals surface area contributed by atoms with Crippen molar-refractivity contribution in [2.45, 2.75) is 20.4 Å². The van der Waals surface area contributed by atoms with E-state index in [1.807, 2.05) is 18.2 Å². The van der Waals surface area contributed by atoms with Gasteiger partial charge in [-0.15, -0.1) is 0 Å². The van der Waals surface area contributed by atoms with Gasteiger partial charge < -0.3 is 15.2 Å². The second-order valence-corrected chi connectivity index (χ2v) is 6.44. The van der Waals surface area contributed by atoms with E-state index in [0.29, 0.717) is 0 Å². The Kier molecular flexibility index (Phi) is 4.09. The van der Waals surface area contributed by atoms with Crippen molar-refractivity contribution in [1.82, 2.24) is 14.5 Å². The van der Waals surface area contributed by atoms with E-state index in [1.165, 1.54) is 16.6 Å². The molecule has 23 heavy (non-hydrogen) atoms. The van der Waals surface area contributed by atoms with Crippen molar-refractivity contribution in [3.8, 4) is 11.4 Å².